The summed E-state index contributed by atoms with van der Waals surface area (Å²) >= 11 is 12.0. The molecule has 2 aromatic rings. The molecule has 1 fully saturated rings. The molecular formula is C21H29ClN3O2S+. The number of likely N-dealkylation sites (tertiary alicyclic amines) is 1. The van der Waals surface area contributed by atoms with Gasteiger partial charge in [0.2, 0.25) is 0 Å². The van der Waals surface area contributed by atoms with Gasteiger partial charge in [0.05, 0.1) is 51.1 Å². The van der Waals surface area contributed by atoms with E-state index in [1.807, 2.05) is 30.3 Å². The summed E-state index contributed by atoms with van der Waals surface area (Å²) in [5, 5.41) is 4.54. The highest BCUT2D eigenvalue weighted by molar-refractivity contribution is 7.80. The van der Waals surface area contributed by atoms with Gasteiger partial charge in [-0.2, -0.15) is 0 Å². The van der Waals surface area contributed by atoms with Gasteiger partial charge >= 0.3 is 0 Å². The van der Waals surface area contributed by atoms with Gasteiger partial charge in [0.15, 0.2) is 5.11 Å². The Balaban J connectivity index is 1.64. The summed E-state index contributed by atoms with van der Waals surface area (Å²) in [5.41, 5.74) is 0.849. The normalized spacial score (nSPS) is 15.1. The lowest BCUT2D eigenvalue weighted by molar-refractivity contribution is -0.898. The predicted molar refractivity (Wildman–Crippen MR) is 117 cm³/mol. The van der Waals surface area contributed by atoms with Gasteiger partial charge in [0, 0.05) is 5.69 Å². The third kappa shape index (κ3) is 6.12. The van der Waals surface area contributed by atoms with E-state index in [0.717, 1.165) is 24.5 Å². The van der Waals surface area contributed by atoms with Gasteiger partial charge in [-0.05, 0) is 68.2 Å². The van der Waals surface area contributed by atoms with Crippen LogP contribution in [0, 0.1) is 0 Å². The van der Waals surface area contributed by atoms with Crippen LogP contribution in [-0.2, 0) is 6.54 Å². The van der Waals surface area contributed by atoms with Crippen LogP contribution in [-0.4, -0.2) is 43.3 Å². The first-order valence-electron chi connectivity index (χ1n) is 9.91. The molecule has 2 N–H and O–H groups in total. The van der Waals surface area contributed by atoms with Crippen molar-refractivity contribution in [2.45, 2.75) is 32.2 Å². The van der Waals surface area contributed by atoms with E-state index in [1.54, 1.807) is 18.3 Å². The van der Waals surface area contributed by atoms with Gasteiger partial charge in [-0.1, -0.05) is 11.6 Å². The summed E-state index contributed by atoms with van der Waals surface area (Å²) in [5.74, 6) is 1.55. The average molecular weight is 423 g/mol. The number of methoxy groups -OCH3 is 1. The molecule has 28 heavy (non-hydrogen) atoms. The van der Waals surface area contributed by atoms with Gasteiger partial charge in [0.1, 0.15) is 11.5 Å². The quantitative estimate of drug-likeness (QED) is 0.667. The first kappa shape index (κ1) is 21.0. The molecule has 0 atom stereocenters. The number of benzene rings is 1. The molecule has 0 amide bonds. The topological polar surface area (TPSA) is 42.1 Å². The first-order valence-corrected chi connectivity index (χ1v) is 10.7. The van der Waals surface area contributed by atoms with E-state index < -0.39 is 0 Å². The molecule has 0 bridgehead atoms. The number of furan rings is 1. The summed E-state index contributed by atoms with van der Waals surface area (Å²) < 4.78 is 10.8. The number of nitrogens with one attached hydrogen (secondary N) is 2. The van der Waals surface area contributed by atoms with Gasteiger partial charge in [-0.25, -0.2) is 0 Å². The summed E-state index contributed by atoms with van der Waals surface area (Å²) in [6.45, 7) is 5.11. The maximum Gasteiger partial charge on any atom is 0.174 e. The minimum atomic E-state index is 0.557. The molecule has 1 aliphatic rings. The molecule has 2 heterocycles. The van der Waals surface area contributed by atoms with E-state index in [1.165, 1.54) is 38.8 Å². The number of halogens is 1. The molecule has 5 nitrogen and oxygen atoms in total. The summed E-state index contributed by atoms with van der Waals surface area (Å²) in [4.78, 5) is 3.83. The maximum absolute atomic E-state index is 6.25. The number of hydrogen-bond donors (Lipinski definition) is 2. The highest BCUT2D eigenvalue weighted by atomic mass is 35.5. The van der Waals surface area contributed by atoms with Gasteiger partial charge in [-0.15, -0.1) is 0 Å². The van der Waals surface area contributed by atoms with Crippen LogP contribution in [0.25, 0.3) is 0 Å². The van der Waals surface area contributed by atoms with E-state index in [-0.39, 0.29) is 0 Å². The van der Waals surface area contributed by atoms with Crippen molar-refractivity contribution in [2.75, 3.05) is 38.6 Å². The minimum Gasteiger partial charge on any atom is -0.495 e. The van der Waals surface area contributed by atoms with Crippen molar-refractivity contribution in [2.24, 2.45) is 0 Å². The van der Waals surface area contributed by atoms with Gasteiger partial charge in [0.25, 0.3) is 0 Å². The molecule has 0 unspecified atom stereocenters. The van der Waals surface area contributed by atoms with Crippen LogP contribution in [0.4, 0.5) is 5.69 Å². The lowest BCUT2D eigenvalue weighted by Gasteiger charge is -2.27. The van der Waals surface area contributed by atoms with E-state index in [0.29, 0.717) is 22.4 Å². The van der Waals surface area contributed by atoms with E-state index in [9.17, 15) is 0 Å². The molecule has 0 radical (unpaired) electrons. The number of rotatable bonds is 7. The zero-order valence-corrected chi connectivity index (χ0v) is 18.0. The van der Waals surface area contributed by atoms with E-state index in [2.05, 4.69) is 10.2 Å². The molecule has 0 spiro atoms. The number of thiocarbonyl (C=S) groups is 1. The first-order chi connectivity index (χ1) is 13.7. The van der Waals surface area contributed by atoms with Crippen molar-refractivity contribution in [3.8, 4) is 5.75 Å². The maximum atomic E-state index is 6.25. The second-order valence-corrected chi connectivity index (χ2v) is 7.99. The van der Waals surface area contributed by atoms with Gasteiger partial charge in [-0.3, -0.25) is 0 Å². The fraction of sp³-hybridized carbons (Fsp3) is 0.476. The third-order valence-corrected chi connectivity index (χ3v) is 5.82. The van der Waals surface area contributed by atoms with Crippen molar-refractivity contribution >= 4 is 34.6 Å². The molecule has 7 heteroatoms. The molecule has 152 valence electrons. The number of anilines is 1. The smallest absolute Gasteiger partial charge is 0.174 e. The van der Waals surface area contributed by atoms with Crippen LogP contribution in [0.2, 0.25) is 5.02 Å². The van der Waals surface area contributed by atoms with Crippen LogP contribution in [0.5, 0.6) is 5.75 Å². The molecule has 0 saturated carbocycles. The SMILES string of the molecule is COc1ccc(NC(=S)N(CC[NH+]2CCCCCC2)Cc2ccco2)cc1Cl. The number of nitrogens with zero attached hydrogens (tertiary/aromatic N) is 1. The Morgan fingerprint density at radius 1 is 1.25 bits per heavy atom. The third-order valence-electron chi connectivity index (χ3n) is 5.16. The van der Waals surface area contributed by atoms with Crippen LogP contribution < -0.4 is 15.0 Å². The number of quaternary nitrogens is 1. The van der Waals surface area contributed by atoms with Crippen LogP contribution in [0.3, 0.4) is 0 Å². The number of hydrogen-bond acceptors (Lipinski definition) is 3. The lowest BCUT2D eigenvalue weighted by atomic mass is 10.2. The zero-order chi connectivity index (χ0) is 19.8. The average Bonchev–Trinajstić information content (AvgIpc) is 3.06. The fourth-order valence-corrected chi connectivity index (χ4v) is 4.09. The monoisotopic (exact) mass is 422 g/mol. The van der Waals surface area contributed by atoms with E-state index in [4.69, 9.17) is 33.0 Å². The summed E-state index contributed by atoms with van der Waals surface area (Å²) in [6.07, 6.45) is 7.06. The fourth-order valence-electron chi connectivity index (χ4n) is 3.56. The molecule has 0 aliphatic carbocycles. The van der Waals surface area contributed by atoms with Crippen molar-refractivity contribution in [1.82, 2.24) is 4.90 Å². The molecular weight excluding hydrogens is 394 g/mol. The standard InChI is InChI=1S/C21H28ClN3O2S/c1-26-20-9-8-17(15-19(20)22)23-21(28)25(16-18-7-6-14-27-18)13-12-24-10-4-2-3-5-11-24/h6-9,14-15H,2-5,10-13,16H2,1H3,(H,23,28)/p+1. The van der Waals surface area contributed by atoms with Crippen molar-refractivity contribution in [3.63, 3.8) is 0 Å². The Labute approximate surface area is 177 Å². The Morgan fingerprint density at radius 3 is 2.68 bits per heavy atom. The van der Waals surface area contributed by atoms with Crippen molar-refractivity contribution in [1.29, 1.82) is 0 Å². The Kier molecular flexibility index (Phi) is 8.01. The Hall–Kier alpha value is -1.76. The van der Waals surface area contributed by atoms with Gasteiger partial charge < -0.3 is 24.3 Å². The van der Waals surface area contributed by atoms with Crippen LogP contribution in [0.1, 0.15) is 31.4 Å². The molecule has 1 saturated heterocycles. The predicted octanol–water partition coefficient (Wildman–Crippen LogP) is 3.60. The lowest BCUT2D eigenvalue weighted by Crippen LogP contribution is -3.12. The molecule has 1 aliphatic heterocycles. The Morgan fingerprint density at radius 2 is 2.04 bits per heavy atom. The highest BCUT2D eigenvalue weighted by Gasteiger charge is 2.18. The Bertz CT molecular complexity index is 746. The molecule has 3 rings (SSSR count). The largest absolute Gasteiger partial charge is 0.495 e. The molecule has 1 aromatic heterocycles. The summed E-state index contributed by atoms with van der Waals surface area (Å²) in [7, 11) is 1.61. The van der Waals surface area contributed by atoms with Crippen molar-refractivity contribution < 1.29 is 14.1 Å². The van der Waals surface area contributed by atoms with Crippen LogP contribution >= 0.6 is 23.8 Å². The zero-order valence-electron chi connectivity index (χ0n) is 16.4. The molecule has 1 aromatic carbocycles. The van der Waals surface area contributed by atoms with Crippen molar-refractivity contribution in [3.05, 3.63) is 47.4 Å². The second kappa shape index (κ2) is 10.7. The van der Waals surface area contributed by atoms with Crippen LogP contribution in [0.15, 0.2) is 41.0 Å². The summed E-state index contributed by atoms with van der Waals surface area (Å²) in [6, 6.07) is 9.48. The number of ether oxygens (including phenoxy) is 1. The second-order valence-electron chi connectivity index (χ2n) is 7.19. The minimum absolute atomic E-state index is 0.557. The highest BCUT2D eigenvalue weighted by Crippen LogP contribution is 2.27. The van der Waals surface area contributed by atoms with E-state index >= 15 is 0 Å².